The first kappa shape index (κ1) is 19.9. The van der Waals surface area contributed by atoms with Gasteiger partial charge in [-0.05, 0) is 55.9 Å². The molecule has 31 heavy (non-hydrogen) atoms. The Balaban J connectivity index is 1.42. The molecule has 0 radical (unpaired) electrons. The van der Waals surface area contributed by atoms with E-state index in [0.29, 0.717) is 53.0 Å². The van der Waals surface area contributed by atoms with Crippen LogP contribution in [0.4, 0.5) is 0 Å². The zero-order valence-electron chi connectivity index (χ0n) is 17.1. The van der Waals surface area contributed by atoms with Crippen molar-refractivity contribution in [3.05, 3.63) is 65.3 Å². The Morgan fingerprint density at radius 2 is 1.97 bits per heavy atom. The van der Waals surface area contributed by atoms with E-state index in [-0.39, 0.29) is 11.9 Å². The first-order valence-corrected chi connectivity index (χ1v) is 10.8. The average Bonchev–Trinajstić information content (AvgIpc) is 3.55. The number of amides is 1. The molecule has 1 aliphatic heterocycles. The SMILES string of the molecule is Cc1ccc(-c2ncccn2)c(C(=O)N2CC3CC3CC2COc2cc(Cl)ccn2)n1. The van der Waals surface area contributed by atoms with Crippen LogP contribution in [0, 0.1) is 18.8 Å². The van der Waals surface area contributed by atoms with Crippen molar-refractivity contribution in [3.8, 4) is 17.3 Å². The number of likely N-dealkylation sites (tertiary alicyclic amines) is 1. The van der Waals surface area contributed by atoms with Crippen LogP contribution in [0.3, 0.4) is 0 Å². The van der Waals surface area contributed by atoms with Gasteiger partial charge < -0.3 is 9.64 Å². The number of halogens is 1. The summed E-state index contributed by atoms with van der Waals surface area (Å²) in [6.45, 7) is 2.96. The van der Waals surface area contributed by atoms with E-state index in [9.17, 15) is 4.79 Å². The summed E-state index contributed by atoms with van der Waals surface area (Å²) in [6, 6.07) is 8.84. The summed E-state index contributed by atoms with van der Waals surface area (Å²) < 4.78 is 5.91. The lowest BCUT2D eigenvalue weighted by molar-refractivity contribution is 0.0503. The van der Waals surface area contributed by atoms with Crippen molar-refractivity contribution in [1.29, 1.82) is 0 Å². The number of hydrogen-bond donors (Lipinski definition) is 0. The van der Waals surface area contributed by atoms with Gasteiger partial charge in [-0.25, -0.2) is 19.9 Å². The third-order valence-corrected chi connectivity index (χ3v) is 6.18. The zero-order valence-corrected chi connectivity index (χ0v) is 17.9. The molecule has 1 saturated carbocycles. The predicted octanol–water partition coefficient (Wildman–Crippen LogP) is 3.83. The molecule has 3 atom stereocenters. The number of carbonyl (C=O) groups is 1. The zero-order chi connectivity index (χ0) is 21.4. The van der Waals surface area contributed by atoms with Crippen LogP contribution in [0.5, 0.6) is 5.88 Å². The number of hydrogen-bond acceptors (Lipinski definition) is 6. The van der Waals surface area contributed by atoms with Crippen LogP contribution in [0.25, 0.3) is 11.4 Å². The van der Waals surface area contributed by atoms with Crippen LogP contribution in [0.2, 0.25) is 5.02 Å². The summed E-state index contributed by atoms with van der Waals surface area (Å²) in [7, 11) is 0. The number of aryl methyl sites for hydroxylation is 1. The van der Waals surface area contributed by atoms with Crippen LogP contribution in [-0.2, 0) is 0 Å². The molecular formula is C23H22ClN5O2. The Kier molecular flexibility index (Phi) is 5.28. The number of nitrogens with zero attached hydrogens (tertiary/aromatic N) is 5. The Morgan fingerprint density at radius 1 is 1.13 bits per heavy atom. The third-order valence-electron chi connectivity index (χ3n) is 5.94. The molecule has 1 amide bonds. The van der Waals surface area contributed by atoms with E-state index in [0.717, 1.165) is 18.5 Å². The minimum absolute atomic E-state index is 0.0520. The number of ether oxygens (including phenoxy) is 1. The van der Waals surface area contributed by atoms with E-state index in [2.05, 4.69) is 19.9 Å². The topological polar surface area (TPSA) is 81.1 Å². The molecule has 3 aromatic heterocycles. The highest BCUT2D eigenvalue weighted by atomic mass is 35.5. The largest absolute Gasteiger partial charge is 0.475 e. The molecule has 0 aromatic carbocycles. The van der Waals surface area contributed by atoms with Gasteiger partial charge in [0.25, 0.3) is 5.91 Å². The fraction of sp³-hybridized carbons (Fsp3) is 0.348. The normalized spacial score (nSPS) is 22.0. The van der Waals surface area contributed by atoms with Gasteiger partial charge in [0.15, 0.2) is 5.82 Å². The lowest BCUT2D eigenvalue weighted by Gasteiger charge is -2.35. The molecule has 7 nitrogen and oxygen atoms in total. The van der Waals surface area contributed by atoms with E-state index in [4.69, 9.17) is 16.3 Å². The lowest BCUT2D eigenvalue weighted by atomic mass is 10.0. The predicted molar refractivity (Wildman–Crippen MR) is 116 cm³/mol. The molecule has 1 saturated heterocycles. The quantitative estimate of drug-likeness (QED) is 0.606. The fourth-order valence-electron chi connectivity index (χ4n) is 4.23. The van der Waals surface area contributed by atoms with Gasteiger partial charge in [0.2, 0.25) is 5.88 Å². The van der Waals surface area contributed by atoms with Crippen molar-refractivity contribution in [2.45, 2.75) is 25.8 Å². The van der Waals surface area contributed by atoms with E-state index in [1.54, 1.807) is 36.8 Å². The molecule has 2 fully saturated rings. The molecule has 0 bridgehead atoms. The van der Waals surface area contributed by atoms with Crippen LogP contribution >= 0.6 is 11.6 Å². The monoisotopic (exact) mass is 435 g/mol. The summed E-state index contributed by atoms with van der Waals surface area (Å²) in [4.78, 5) is 33.1. The minimum atomic E-state index is -0.107. The molecule has 2 aliphatic rings. The van der Waals surface area contributed by atoms with Gasteiger partial charge in [-0.15, -0.1) is 0 Å². The van der Waals surface area contributed by atoms with E-state index >= 15 is 0 Å². The number of aromatic nitrogens is 4. The van der Waals surface area contributed by atoms with Crippen molar-refractivity contribution in [2.24, 2.45) is 11.8 Å². The van der Waals surface area contributed by atoms with E-state index < -0.39 is 0 Å². The number of piperidine rings is 1. The fourth-order valence-corrected chi connectivity index (χ4v) is 4.38. The van der Waals surface area contributed by atoms with Gasteiger partial charge in [-0.3, -0.25) is 4.79 Å². The average molecular weight is 436 g/mol. The lowest BCUT2D eigenvalue weighted by Crippen LogP contribution is -2.48. The van der Waals surface area contributed by atoms with Crippen LogP contribution < -0.4 is 4.74 Å². The smallest absolute Gasteiger partial charge is 0.273 e. The summed E-state index contributed by atoms with van der Waals surface area (Å²) in [5.41, 5.74) is 1.81. The van der Waals surface area contributed by atoms with Crippen molar-refractivity contribution in [3.63, 3.8) is 0 Å². The summed E-state index contributed by atoms with van der Waals surface area (Å²) in [6.07, 6.45) is 7.02. The highest BCUT2D eigenvalue weighted by Gasteiger charge is 2.47. The number of rotatable bonds is 5. The maximum atomic E-state index is 13.7. The summed E-state index contributed by atoms with van der Waals surface area (Å²) in [5.74, 6) is 2.07. The summed E-state index contributed by atoms with van der Waals surface area (Å²) >= 11 is 6.04. The molecule has 5 rings (SSSR count). The van der Waals surface area contributed by atoms with E-state index in [1.165, 1.54) is 0 Å². The molecule has 1 aliphatic carbocycles. The molecule has 3 unspecified atom stereocenters. The first-order chi connectivity index (χ1) is 15.1. The molecule has 158 valence electrons. The molecule has 4 heterocycles. The molecule has 8 heteroatoms. The van der Waals surface area contributed by atoms with Crippen molar-refractivity contribution >= 4 is 17.5 Å². The number of fused-ring (bicyclic) bond motifs is 1. The molecule has 3 aromatic rings. The second kappa shape index (κ2) is 8.23. The molecule has 0 N–H and O–H groups in total. The Morgan fingerprint density at radius 3 is 2.77 bits per heavy atom. The first-order valence-electron chi connectivity index (χ1n) is 10.4. The van der Waals surface area contributed by atoms with Crippen molar-refractivity contribution < 1.29 is 9.53 Å². The van der Waals surface area contributed by atoms with Gasteiger partial charge in [0.05, 0.1) is 11.6 Å². The minimum Gasteiger partial charge on any atom is -0.475 e. The highest BCUT2D eigenvalue weighted by molar-refractivity contribution is 6.30. The van der Waals surface area contributed by atoms with Crippen LogP contribution in [0.1, 0.15) is 29.0 Å². The van der Waals surface area contributed by atoms with Crippen LogP contribution in [0.15, 0.2) is 48.9 Å². The molecule has 0 spiro atoms. The Bertz CT molecular complexity index is 1110. The molecular weight excluding hydrogens is 414 g/mol. The summed E-state index contributed by atoms with van der Waals surface area (Å²) in [5, 5.41) is 0.570. The highest BCUT2D eigenvalue weighted by Crippen LogP contribution is 2.47. The van der Waals surface area contributed by atoms with Gasteiger partial charge in [-0.2, -0.15) is 0 Å². The van der Waals surface area contributed by atoms with Gasteiger partial charge in [0, 0.05) is 41.9 Å². The van der Waals surface area contributed by atoms with E-state index in [1.807, 2.05) is 24.0 Å². The Labute approximate surface area is 185 Å². The second-order valence-electron chi connectivity index (χ2n) is 8.15. The maximum Gasteiger partial charge on any atom is 0.273 e. The second-order valence-corrected chi connectivity index (χ2v) is 8.58. The maximum absolute atomic E-state index is 13.7. The Hall–Kier alpha value is -3.06. The van der Waals surface area contributed by atoms with Crippen molar-refractivity contribution in [1.82, 2.24) is 24.8 Å². The van der Waals surface area contributed by atoms with Gasteiger partial charge in [0.1, 0.15) is 12.3 Å². The third kappa shape index (κ3) is 4.23. The van der Waals surface area contributed by atoms with Crippen LogP contribution in [-0.4, -0.2) is 49.9 Å². The number of pyridine rings is 2. The standard InChI is InChI=1S/C23H22ClN5O2/c1-14-3-4-19(22-26-6-2-7-27-22)21(28-14)23(30)29-12-16-9-15(16)10-18(29)13-31-20-11-17(24)5-8-25-20/h2-8,11,15-16,18H,9-10,12-13H2,1H3. The van der Waals surface area contributed by atoms with Gasteiger partial charge >= 0.3 is 0 Å². The number of carbonyl (C=O) groups excluding carboxylic acids is 1. The van der Waals surface area contributed by atoms with Gasteiger partial charge in [-0.1, -0.05) is 11.6 Å². The van der Waals surface area contributed by atoms with Crippen molar-refractivity contribution in [2.75, 3.05) is 13.2 Å².